The van der Waals surface area contributed by atoms with Crippen molar-refractivity contribution in [3.8, 4) is 5.75 Å². The van der Waals surface area contributed by atoms with Gasteiger partial charge in [0, 0.05) is 22.5 Å². The normalized spacial score (nSPS) is 10.9. The predicted molar refractivity (Wildman–Crippen MR) is 120 cm³/mol. The summed E-state index contributed by atoms with van der Waals surface area (Å²) >= 11 is 0. The molecule has 2 amide bonds. The molecule has 0 radical (unpaired) electrons. The van der Waals surface area contributed by atoms with E-state index in [4.69, 9.17) is 4.74 Å². The van der Waals surface area contributed by atoms with Crippen LogP contribution in [0.1, 0.15) is 47.1 Å². The molecule has 0 atom stereocenters. The molecular formula is C25H26N2O3. The van der Waals surface area contributed by atoms with Gasteiger partial charge in [0.05, 0.1) is 7.11 Å². The van der Waals surface area contributed by atoms with Crippen LogP contribution in [0.4, 0.5) is 11.4 Å². The lowest BCUT2D eigenvalue weighted by molar-refractivity contribution is 0.101. The molecule has 0 saturated carbocycles. The van der Waals surface area contributed by atoms with Crippen molar-refractivity contribution in [2.45, 2.75) is 26.2 Å². The van der Waals surface area contributed by atoms with Crippen molar-refractivity contribution in [1.82, 2.24) is 0 Å². The summed E-state index contributed by atoms with van der Waals surface area (Å²) in [7, 11) is 1.59. The minimum Gasteiger partial charge on any atom is -0.497 e. The number of benzene rings is 3. The van der Waals surface area contributed by atoms with Gasteiger partial charge in [0.1, 0.15) is 5.75 Å². The molecule has 0 bridgehead atoms. The Labute approximate surface area is 177 Å². The Balaban J connectivity index is 1.68. The summed E-state index contributed by atoms with van der Waals surface area (Å²) < 4.78 is 5.12. The van der Waals surface area contributed by atoms with Gasteiger partial charge in [-0.05, 0) is 65.6 Å². The molecule has 0 aliphatic heterocycles. The highest BCUT2D eigenvalue weighted by Gasteiger charge is 2.15. The molecular weight excluding hydrogens is 376 g/mol. The van der Waals surface area contributed by atoms with Crippen LogP contribution in [0.3, 0.4) is 0 Å². The van der Waals surface area contributed by atoms with Gasteiger partial charge < -0.3 is 15.4 Å². The van der Waals surface area contributed by atoms with E-state index in [1.165, 1.54) is 0 Å². The van der Waals surface area contributed by atoms with Crippen LogP contribution in [0.5, 0.6) is 5.75 Å². The molecule has 5 heteroatoms. The van der Waals surface area contributed by atoms with Gasteiger partial charge in [0.25, 0.3) is 11.8 Å². The fourth-order valence-corrected chi connectivity index (χ4v) is 2.94. The van der Waals surface area contributed by atoms with Crippen molar-refractivity contribution in [2.24, 2.45) is 0 Å². The molecule has 0 saturated heterocycles. The molecule has 0 aliphatic rings. The van der Waals surface area contributed by atoms with E-state index in [-0.39, 0.29) is 17.2 Å². The predicted octanol–water partition coefficient (Wildman–Crippen LogP) is 5.50. The van der Waals surface area contributed by atoms with E-state index in [0.29, 0.717) is 28.3 Å². The molecule has 0 fully saturated rings. The van der Waals surface area contributed by atoms with Gasteiger partial charge >= 0.3 is 0 Å². The summed E-state index contributed by atoms with van der Waals surface area (Å²) in [5, 5.41) is 5.69. The molecule has 0 heterocycles. The van der Waals surface area contributed by atoms with Gasteiger partial charge in [-0.3, -0.25) is 9.59 Å². The van der Waals surface area contributed by atoms with Gasteiger partial charge in [-0.15, -0.1) is 0 Å². The topological polar surface area (TPSA) is 67.4 Å². The monoisotopic (exact) mass is 402 g/mol. The van der Waals surface area contributed by atoms with Crippen LogP contribution in [0, 0.1) is 0 Å². The van der Waals surface area contributed by atoms with Gasteiger partial charge in [0.15, 0.2) is 0 Å². The third-order valence-electron chi connectivity index (χ3n) is 4.74. The highest BCUT2D eigenvalue weighted by Crippen LogP contribution is 2.23. The highest BCUT2D eigenvalue weighted by molar-refractivity contribution is 6.07. The number of rotatable bonds is 5. The number of methoxy groups -OCH3 is 1. The number of carbonyl (C=O) groups excluding carboxylic acids is 2. The van der Waals surface area contributed by atoms with Crippen LogP contribution in [-0.4, -0.2) is 18.9 Å². The van der Waals surface area contributed by atoms with E-state index in [9.17, 15) is 9.59 Å². The van der Waals surface area contributed by atoms with Gasteiger partial charge in [-0.2, -0.15) is 0 Å². The molecule has 154 valence electrons. The quantitative estimate of drug-likeness (QED) is 0.592. The third-order valence-corrected chi connectivity index (χ3v) is 4.74. The first-order chi connectivity index (χ1) is 14.3. The first-order valence-electron chi connectivity index (χ1n) is 9.73. The Kier molecular flexibility index (Phi) is 6.21. The Morgan fingerprint density at radius 1 is 0.733 bits per heavy atom. The molecule has 3 rings (SSSR count). The van der Waals surface area contributed by atoms with Crippen molar-refractivity contribution in [3.05, 3.63) is 89.5 Å². The largest absolute Gasteiger partial charge is 0.497 e. The standard InChI is InChI=1S/C25H26N2O3/c1-25(2,3)19-10-8-17(9-11-19)23(28)27-21-7-5-6-18(16-21)24(29)26-20-12-14-22(30-4)15-13-20/h5-16H,1-4H3,(H,26,29)(H,27,28). The lowest BCUT2D eigenvalue weighted by Gasteiger charge is -2.19. The first kappa shape index (κ1) is 21.1. The summed E-state index contributed by atoms with van der Waals surface area (Å²) in [5.74, 6) is 0.238. The number of carbonyl (C=O) groups is 2. The lowest BCUT2D eigenvalue weighted by Crippen LogP contribution is -2.15. The molecule has 2 N–H and O–H groups in total. The summed E-state index contributed by atoms with van der Waals surface area (Å²) in [4.78, 5) is 25.1. The van der Waals surface area contributed by atoms with Crippen molar-refractivity contribution in [1.29, 1.82) is 0 Å². The number of amides is 2. The van der Waals surface area contributed by atoms with E-state index >= 15 is 0 Å². The number of anilines is 2. The van der Waals surface area contributed by atoms with Crippen LogP contribution in [0.2, 0.25) is 0 Å². The summed E-state index contributed by atoms with van der Waals surface area (Å²) in [6, 6.07) is 21.5. The Bertz CT molecular complexity index is 1030. The average Bonchev–Trinajstić information content (AvgIpc) is 2.74. The Morgan fingerprint density at radius 3 is 1.93 bits per heavy atom. The summed E-state index contributed by atoms with van der Waals surface area (Å²) in [6.45, 7) is 6.39. The van der Waals surface area contributed by atoms with E-state index in [1.54, 1.807) is 55.6 Å². The zero-order valence-electron chi connectivity index (χ0n) is 17.7. The number of hydrogen-bond donors (Lipinski definition) is 2. The maximum absolute atomic E-state index is 12.6. The van der Waals surface area contributed by atoms with Crippen molar-refractivity contribution < 1.29 is 14.3 Å². The van der Waals surface area contributed by atoms with Crippen LogP contribution in [0.25, 0.3) is 0 Å². The zero-order chi connectivity index (χ0) is 21.7. The van der Waals surface area contributed by atoms with E-state index in [0.717, 1.165) is 5.56 Å². The van der Waals surface area contributed by atoms with Crippen LogP contribution in [0.15, 0.2) is 72.8 Å². The second kappa shape index (κ2) is 8.82. The minimum absolute atomic E-state index is 0.0284. The lowest BCUT2D eigenvalue weighted by atomic mass is 9.87. The number of hydrogen-bond acceptors (Lipinski definition) is 3. The van der Waals surface area contributed by atoms with Gasteiger partial charge in [0.2, 0.25) is 0 Å². The van der Waals surface area contributed by atoms with Crippen LogP contribution < -0.4 is 15.4 Å². The van der Waals surface area contributed by atoms with Gasteiger partial charge in [-0.25, -0.2) is 0 Å². The number of nitrogens with one attached hydrogen (secondary N) is 2. The summed E-state index contributed by atoms with van der Waals surface area (Å²) in [5.41, 5.74) is 3.43. The van der Waals surface area contributed by atoms with E-state index in [2.05, 4.69) is 31.4 Å². The molecule has 3 aromatic rings. The van der Waals surface area contributed by atoms with Crippen molar-refractivity contribution >= 4 is 23.2 Å². The van der Waals surface area contributed by atoms with E-state index in [1.807, 2.05) is 24.3 Å². The summed E-state index contributed by atoms with van der Waals surface area (Å²) in [6.07, 6.45) is 0. The first-order valence-corrected chi connectivity index (χ1v) is 9.73. The molecule has 0 unspecified atom stereocenters. The smallest absolute Gasteiger partial charge is 0.255 e. The molecule has 0 spiro atoms. The minimum atomic E-state index is -0.259. The van der Waals surface area contributed by atoms with Crippen molar-refractivity contribution in [3.63, 3.8) is 0 Å². The molecule has 30 heavy (non-hydrogen) atoms. The maximum atomic E-state index is 12.6. The Hall–Kier alpha value is -3.60. The highest BCUT2D eigenvalue weighted by atomic mass is 16.5. The second-order valence-electron chi connectivity index (χ2n) is 8.04. The number of ether oxygens (including phenoxy) is 1. The van der Waals surface area contributed by atoms with Crippen LogP contribution in [-0.2, 0) is 5.41 Å². The van der Waals surface area contributed by atoms with E-state index < -0.39 is 0 Å². The maximum Gasteiger partial charge on any atom is 0.255 e. The second-order valence-corrected chi connectivity index (χ2v) is 8.04. The van der Waals surface area contributed by atoms with Gasteiger partial charge in [-0.1, -0.05) is 39.0 Å². The molecule has 3 aromatic carbocycles. The average molecular weight is 402 g/mol. The zero-order valence-corrected chi connectivity index (χ0v) is 17.7. The fraction of sp³-hybridized carbons (Fsp3) is 0.200. The van der Waals surface area contributed by atoms with Crippen LogP contribution >= 0.6 is 0 Å². The molecule has 0 aliphatic carbocycles. The van der Waals surface area contributed by atoms with Crippen molar-refractivity contribution in [2.75, 3.05) is 17.7 Å². The fourth-order valence-electron chi connectivity index (χ4n) is 2.94. The molecule has 5 nitrogen and oxygen atoms in total. The molecule has 0 aromatic heterocycles. The third kappa shape index (κ3) is 5.26. The SMILES string of the molecule is COc1ccc(NC(=O)c2cccc(NC(=O)c3ccc(C(C)(C)C)cc3)c2)cc1. The Morgan fingerprint density at radius 2 is 1.33 bits per heavy atom.